The number of hydrogen-bond acceptors (Lipinski definition) is 3. The molecule has 1 N–H and O–H groups in total. The van der Waals surface area contributed by atoms with Crippen molar-refractivity contribution in [2.24, 2.45) is 46.3 Å². The third-order valence-corrected chi connectivity index (χ3v) is 11.2. The lowest BCUT2D eigenvalue weighted by Gasteiger charge is -2.62. The number of aliphatic hydroxyl groups excluding tert-OH is 1. The molecule has 4 saturated carbocycles. The van der Waals surface area contributed by atoms with Crippen LogP contribution in [0.25, 0.3) is 0 Å². The fourth-order valence-electron chi connectivity index (χ4n) is 8.79. The number of rotatable bonds is 4. The zero-order valence-electron chi connectivity index (χ0n) is 18.8. The maximum atomic E-state index is 11.7. The third-order valence-electron chi connectivity index (χ3n) is 10.4. The molecule has 10 atom stereocenters. The van der Waals surface area contributed by atoms with Crippen LogP contribution in [0, 0.1) is 46.3 Å². The van der Waals surface area contributed by atoms with E-state index in [4.69, 9.17) is 4.74 Å². The smallest absolute Gasteiger partial charge is 0.305 e. The Labute approximate surface area is 185 Å². The highest BCUT2D eigenvalue weighted by Crippen LogP contribution is 2.68. The molecular weight excluding hydrogens is 428 g/mol. The van der Waals surface area contributed by atoms with E-state index in [1.807, 2.05) is 0 Å². The first-order chi connectivity index (χ1) is 13.7. The Morgan fingerprint density at radius 1 is 1.10 bits per heavy atom. The number of carbonyl (C=O) groups is 1. The normalized spacial score (nSPS) is 50.2. The second-order valence-corrected chi connectivity index (χ2v) is 12.8. The van der Waals surface area contributed by atoms with E-state index in [0.29, 0.717) is 57.6 Å². The molecule has 0 spiro atoms. The summed E-state index contributed by atoms with van der Waals surface area (Å²) in [5.74, 6) is 3.66. The highest BCUT2D eigenvalue weighted by molar-refractivity contribution is 9.09. The molecule has 0 unspecified atom stereocenters. The fourth-order valence-corrected chi connectivity index (χ4v) is 9.47. The molecule has 0 amide bonds. The molecule has 0 aliphatic heterocycles. The van der Waals surface area contributed by atoms with E-state index in [0.717, 1.165) is 12.8 Å². The summed E-state index contributed by atoms with van der Waals surface area (Å²) in [5.41, 5.74) is 0.748. The van der Waals surface area contributed by atoms with Gasteiger partial charge in [-0.25, -0.2) is 0 Å². The van der Waals surface area contributed by atoms with Crippen LogP contribution in [0.2, 0.25) is 0 Å². The van der Waals surface area contributed by atoms with Gasteiger partial charge in [-0.15, -0.1) is 0 Å². The van der Waals surface area contributed by atoms with E-state index in [9.17, 15) is 9.90 Å². The summed E-state index contributed by atoms with van der Waals surface area (Å²) < 4.78 is 4.87. The molecule has 0 aromatic heterocycles. The van der Waals surface area contributed by atoms with Crippen molar-refractivity contribution in [2.75, 3.05) is 7.11 Å². The number of halogens is 1. The Morgan fingerprint density at radius 3 is 2.52 bits per heavy atom. The zero-order valence-corrected chi connectivity index (χ0v) is 20.4. The molecular formula is C25H41BrO3. The largest absolute Gasteiger partial charge is 0.469 e. The summed E-state index contributed by atoms with van der Waals surface area (Å²) in [6, 6.07) is 0. The Balaban J connectivity index is 1.53. The molecule has 29 heavy (non-hydrogen) atoms. The molecule has 3 nitrogen and oxygen atoms in total. The second-order valence-electron chi connectivity index (χ2n) is 11.5. The van der Waals surface area contributed by atoms with Crippen LogP contribution in [0.3, 0.4) is 0 Å². The van der Waals surface area contributed by atoms with Crippen LogP contribution in [-0.4, -0.2) is 29.1 Å². The topological polar surface area (TPSA) is 46.5 Å². The van der Waals surface area contributed by atoms with Gasteiger partial charge in [-0.05, 0) is 104 Å². The minimum atomic E-state index is -0.121. The van der Waals surface area contributed by atoms with E-state index in [2.05, 4.69) is 36.7 Å². The molecule has 4 aliphatic rings. The Kier molecular flexibility index (Phi) is 6.19. The average molecular weight is 470 g/mol. The number of methoxy groups -OCH3 is 1. The third kappa shape index (κ3) is 3.62. The molecule has 0 heterocycles. The van der Waals surface area contributed by atoms with Crippen molar-refractivity contribution >= 4 is 21.9 Å². The van der Waals surface area contributed by atoms with Gasteiger partial charge < -0.3 is 9.84 Å². The van der Waals surface area contributed by atoms with Gasteiger partial charge in [-0.3, -0.25) is 4.79 Å². The van der Waals surface area contributed by atoms with Gasteiger partial charge in [0, 0.05) is 11.2 Å². The molecule has 0 saturated heterocycles. The van der Waals surface area contributed by atoms with Crippen molar-refractivity contribution in [1.82, 2.24) is 0 Å². The lowest BCUT2D eigenvalue weighted by atomic mass is 9.44. The molecule has 4 fully saturated rings. The van der Waals surface area contributed by atoms with Gasteiger partial charge in [0.05, 0.1) is 13.2 Å². The van der Waals surface area contributed by atoms with Crippen LogP contribution in [0.1, 0.15) is 85.0 Å². The number of ether oxygens (including phenoxy) is 1. The standard InChI is InChI=1S/C25H41BrO3/c1-15(5-8-22(28)29-4)18-6-7-19-23-20(10-12-25(18,19)3)24(2)11-9-17(26)13-16(24)14-21(23)27/h15-21,23,27H,5-14H2,1-4H3/t15-,16+,17+,18-,19+,20+,21-,23+,24+,25-/m1/s1. The summed E-state index contributed by atoms with van der Waals surface area (Å²) in [4.78, 5) is 12.3. The lowest BCUT2D eigenvalue weighted by molar-refractivity contribution is -0.163. The van der Waals surface area contributed by atoms with Crippen molar-refractivity contribution < 1.29 is 14.6 Å². The van der Waals surface area contributed by atoms with Crippen molar-refractivity contribution in [3.05, 3.63) is 0 Å². The van der Waals surface area contributed by atoms with Gasteiger partial charge in [-0.2, -0.15) is 0 Å². The Morgan fingerprint density at radius 2 is 1.79 bits per heavy atom. The highest BCUT2D eigenvalue weighted by atomic mass is 79.9. The number of carbonyl (C=O) groups excluding carboxylic acids is 1. The molecule has 0 aromatic rings. The maximum absolute atomic E-state index is 11.7. The molecule has 0 radical (unpaired) electrons. The van der Waals surface area contributed by atoms with Crippen molar-refractivity contribution in [2.45, 2.75) is 95.9 Å². The SMILES string of the molecule is COC(=O)CC[C@@H](C)[C@H]1CC[C@H]2[C@@H]3[C@H](O)C[C@@H]4C[C@@H](Br)CC[C@]4(C)[C@H]3CC[C@]12C. The monoisotopic (exact) mass is 468 g/mol. The Hall–Kier alpha value is -0.0900. The van der Waals surface area contributed by atoms with E-state index in [1.54, 1.807) is 0 Å². The minimum absolute atomic E-state index is 0.0793. The van der Waals surface area contributed by atoms with Crippen LogP contribution in [0.5, 0.6) is 0 Å². The predicted octanol–water partition coefficient (Wildman–Crippen LogP) is 5.97. The maximum Gasteiger partial charge on any atom is 0.305 e. The first-order valence-electron chi connectivity index (χ1n) is 12.1. The van der Waals surface area contributed by atoms with Gasteiger partial charge in [0.15, 0.2) is 0 Å². The van der Waals surface area contributed by atoms with Crippen LogP contribution >= 0.6 is 15.9 Å². The zero-order chi connectivity index (χ0) is 21.0. The first kappa shape index (κ1) is 22.1. The first-order valence-corrected chi connectivity index (χ1v) is 13.0. The van der Waals surface area contributed by atoms with Crippen molar-refractivity contribution in [3.8, 4) is 0 Å². The molecule has 0 aromatic carbocycles. The van der Waals surface area contributed by atoms with Crippen LogP contribution in [0.15, 0.2) is 0 Å². The van der Waals surface area contributed by atoms with E-state index < -0.39 is 0 Å². The van der Waals surface area contributed by atoms with Gasteiger partial charge in [-0.1, -0.05) is 36.7 Å². The van der Waals surface area contributed by atoms with Gasteiger partial charge in [0.25, 0.3) is 0 Å². The van der Waals surface area contributed by atoms with Crippen molar-refractivity contribution in [3.63, 3.8) is 0 Å². The fraction of sp³-hybridized carbons (Fsp3) is 0.960. The lowest BCUT2D eigenvalue weighted by Crippen LogP contribution is -2.58. The summed E-state index contributed by atoms with van der Waals surface area (Å²) in [7, 11) is 1.49. The number of alkyl halides is 1. The highest BCUT2D eigenvalue weighted by Gasteiger charge is 2.62. The van der Waals surface area contributed by atoms with E-state index in [1.165, 1.54) is 52.1 Å². The number of fused-ring (bicyclic) bond motifs is 5. The Bertz CT molecular complexity index is 623. The molecule has 4 heteroatoms. The van der Waals surface area contributed by atoms with Gasteiger partial charge in [0.1, 0.15) is 0 Å². The average Bonchev–Trinajstić information content (AvgIpc) is 3.04. The van der Waals surface area contributed by atoms with Gasteiger partial charge >= 0.3 is 5.97 Å². The number of aliphatic hydroxyl groups is 1. The molecule has 166 valence electrons. The minimum Gasteiger partial charge on any atom is -0.469 e. The van der Waals surface area contributed by atoms with Crippen LogP contribution in [0.4, 0.5) is 0 Å². The van der Waals surface area contributed by atoms with Crippen LogP contribution in [-0.2, 0) is 9.53 Å². The summed E-state index contributed by atoms with van der Waals surface area (Å²) in [5, 5.41) is 11.4. The predicted molar refractivity (Wildman–Crippen MR) is 120 cm³/mol. The van der Waals surface area contributed by atoms with E-state index >= 15 is 0 Å². The summed E-state index contributed by atoms with van der Waals surface area (Å²) in [6.45, 7) is 7.43. The molecule has 4 aliphatic carbocycles. The molecule has 0 bridgehead atoms. The summed E-state index contributed by atoms with van der Waals surface area (Å²) >= 11 is 3.88. The molecule has 4 rings (SSSR count). The number of hydrogen-bond donors (Lipinski definition) is 1. The van der Waals surface area contributed by atoms with Crippen molar-refractivity contribution in [1.29, 1.82) is 0 Å². The van der Waals surface area contributed by atoms with Gasteiger partial charge in [0.2, 0.25) is 0 Å². The van der Waals surface area contributed by atoms with E-state index in [-0.39, 0.29) is 12.1 Å². The van der Waals surface area contributed by atoms with Crippen LogP contribution < -0.4 is 0 Å². The number of esters is 1. The quantitative estimate of drug-likeness (QED) is 0.408. The summed E-state index contributed by atoms with van der Waals surface area (Å²) in [6.07, 6.45) is 11.3. The second kappa shape index (κ2) is 8.11.